The van der Waals surface area contributed by atoms with Gasteiger partial charge in [0.1, 0.15) is 12.4 Å². The average Bonchev–Trinajstić information content (AvgIpc) is 3.17. The van der Waals surface area contributed by atoms with Gasteiger partial charge in [0.15, 0.2) is 11.5 Å². The molecule has 1 aliphatic heterocycles. The topological polar surface area (TPSA) is 44.8 Å². The second kappa shape index (κ2) is 9.54. The first kappa shape index (κ1) is 21.4. The summed E-state index contributed by atoms with van der Waals surface area (Å²) in [6, 6.07) is 21.2. The van der Waals surface area contributed by atoms with Crippen molar-refractivity contribution in [3.63, 3.8) is 0 Å². The Kier molecular flexibility index (Phi) is 6.59. The second-order valence-electron chi connectivity index (χ2n) is 6.76. The van der Waals surface area contributed by atoms with Gasteiger partial charge in [0.05, 0.1) is 17.2 Å². The zero-order valence-corrected chi connectivity index (χ0v) is 19.8. The predicted molar refractivity (Wildman–Crippen MR) is 128 cm³/mol. The summed E-state index contributed by atoms with van der Waals surface area (Å²) < 4.78 is 18.5. The Morgan fingerprint density at radius 3 is 2.32 bits per heavy atom. The predicted octanol–water partition coefficient (Wildman–Crippen LogP) is 6.78. The Morgan fingerprint density at radius 2 is 1.65 bits per heavy atom. The summed E-state index contributed by atoms with van der Waals surface area (Å²) in [5.74, 6) is 1.26. The number of halogens is 2. The smallest absolute Gasteiger partial charge is 0.343 e. The van der Waals surface area contributed by atoms with Crippen LogP contribution in [0.4, 0.5) is 0 Å². The van der Waals surface area contributed by atoms with Crippen LogP contribution in [0.3, 0.4) is 0 Å². The van der Waals surface area contributed by atoms with Gasteiger partial charge in [0.2, 0.25) is 0 Å². The van der Waals surface area contributed by atoms with Gasteiger partial charge >= 0.3 is 5.97 Å². The van der Waals surface area contributed by atoms with E-state index in [0.717, 1.165) is 21.2 Å². The van der Waals surface area contributed by atoms with Crippen molar-refractivity contribution in [2.75, 3.05) is 7.11 Å². The van der Waals surface area contributed by atoms with Crippen LogP contribution >= 0.6 is 31.9 Å². The molecule has 1 heterocycles. The average molecular weight is 542 g/mol. The molecule has 3 aromatic rings. The lowest BCUT2D eigenvalue weighted by Gasteiger charge is -2.15. The molecular weight excluding hydrogens is 524 g/mol. The van der Waals surface area contributed by atoms with Gasteiger partial charge in [-0.3, -0.25) is 0 Å². The number of carbonyl (C=O) groups is 1. The van der Waals surface area contributed by atoms with E-state index in [1.807, 2.05) is 66.7 Å². The minimum Gasteiger partial charge on any atom is -0.493 e. The first-order chi connectivity index (χ1) is 15.1. The lowest BCUT2D eigenvalue weighted by molar-refractivity contribution is -0.130. The van der Waals surface area contributed by atoms with Gasteiger partial charge in [-0.25, -0.2) is 4.79 Å². The first-order valence-corrected chi connectivity index (χ1v) is 11.1. The first-order valence-electron chi connectivity index (χ1n) is 9.50. The Labute approximate surface area is 197 Å². The standard InChI is InChI=1S/C25H18Br2O4/c1-29-21-13-18(12-19-14-20(31-25(19)28)17-10-6-3-7-11-17)22(26)23(27)24(21)30-15-16-8-4-2-5-9-16/h2-14H,15H2,1H3/b19-12-. The zero-order chi connectivity index (χ0) is 21.8. The number of methoxy groups -OCH3 is 1. The minimum absolute atomic E-state index is 0.398. The molecule has 1 aliphatic rings. The van der Waals surface area contributed by atoms with Crippen molar-refractivity contribution < 1.29 is 19.0 Å². The highest BCUT2D eigenvalue weighted by molar-refractivity contribution is 9.13. The van der Waals surface area contributed by atoms with Crippen LogP contribution in [0, 0.1) is 0 Å². The number of hydrogen-bond donors (Lipinski definition) is 0. The molecule has 0 spiro atoms. The quantitative estimate of drug-likeness (QED) is 0.255. The zero-order valence-electron chi connectivity index (χ0n) is 16.6. The van der Waals surface area contributed by atoms with Gasteiger partial charge in [-0.1, -0.05) is 60.7 Å². The fourth-order valence-corrected chi connectivity index (χ4v) is 4.07. The van der Waals surface area contributed by atoms with E-state index in [-0.39, 0.29) is 0 Å². The van der Waals surface area contributed by atoms with Gasteiger partial charge in [-0.2, -0.15) is 0 Å². The molecule has 31 heavy (non-hydrogen) atoms. The van der Waals surface area contributed by atoms with E-state index in [2.05, 4.69) is 31.9 Å². The lowest BCUT2D eigenvalue weighted by atomic mass is 10.1. The Balaban J connectivity index is 1.65. The summed E-state index contributed by atoms with van der Waals surface area (Å²) >= 11 is 7.20. The molecule has 0 N–H and O–H groups in total. The summed E-state index contributed by atoms with van der Waals surface area (Å²) in [4.78, 5) is 12.4. The fourth-order valence-electron chi connectivity index (χ4n) is 3.13. The molecule has 0 fully saturated rings. The van der Waals surface area contributed by atoms with Crippen LogP contribution in [0.15, 0.2) is 87.3 Å². The number of hydrogen-bond acceptors (Lipinski definition) is 4. The number of ether oxygens (including phenoxy) is 3. The third-order valence-electron chi connectivity index (χ3n) is 4.70. The van der Waals surface area contributed by atoms with E-state index in [9.17, 15) is 4.79 Å². The number of rotatable bonds is 6. The third-order valence-corrected chi connectivity index (χ3v) is 6.84. The van der Waals surface area contributed by atoms with Gasteiger partial charge in [0.25, 0.3) is 0 Å². The monoisotopic (exact) mass is 540 g/mol. The van der Waals surface area contributed by atoms with Crippen LogP contribution in [0.5, 0.6) is 11.5 Å². The van der Waals surface area contributed by atoms with Crippen LogP contribution in [-0.4, -0.2) is 13.1 Å². The molecule has 0 unspecified atom stereocenters. The molecule has 4 nitrogen and oxygen atoms in total. The second-order valence-corrected chi connectivity index (χ2v) is 8.35. The van der Waals surface area contributed by atoms with Gasteiger partial charge in [0, 0.05) is 10.0 Å². The Morgan fingerprint density at radius 1 is 0.968 bits per heavy atom. The molecule has 156 valence electrons. The van der Waals surface area contributed by atoms with E-state index in [1.54, 1.807) is 19.3 Å². The van der Waals surface area contributed by atoms with E-state index in [1.165, 1.54) is 0 Å². The molecule has 0 aliphatic carbocycles. The van der Waals surface area contributed by atoms with Crippen molar-refractivity contribution in [3.05, 3.63) is 104 Å². The van der Waals surface area contributed by atoms with E-state index in [0.29, 0.717) is 33.9 Å². The maximum absolute atomic E-state index is 12.4. The van der Waals surface area contributed by atoms with Crippen molar-refractivity contribution >= 4 is 49.7 Å². The van der Waals surface area contributed by atoms with Crippen molar-refractivity contribution in [1.82, 2.24) is 0 Å². The van der Waals surface area contributed by atoms with Crippen LogP contribution in [-0.2, 0) is 16.1 Å². The van der Waals surface area contributed by atoms with E-state index >= 15 is 0 Å². The summed E-state index contributed by atoms with van der Waals surface area (Å²) in [6.07, 6.45) is 3.50. The number of esters is 1. The molecule has 0 bridgehead atoms. The minimum atomic E-state index is -0.398. The maximum atomic E-state index is 12.4. The molecule has 0 radical (unpaired) electrons. The van der Waals surface area contributed by atoms with Crippen molar-refractivity contribution in [1.29, 1.82) is 0 Å². The molecular formula is C25H18Br2O4. The van der Waals surface area contributed by atoms with Crippen LogP contribution < -0.4 is 9.47 Å². The highest BCUT2D eigenvalue weighted by Gasteiger charge is 2.23. The molecule has 0 amide bonds. The van der Waals surface area contributed by atoms with Crippen LogP contribution in [0.1, 0.15) is 16.7 Å². The number of benzene rings is 3. The fraction of sp³-hybridized carbons (Fsp3) is 0.0800. The normalized spacial score (nSPS) is 14.4. The summed E-state index contributed by atoms with van der Waals surface area (Å²) in [6.45, 7) is 0.401. The van der Waals surface area contributed by atoms with Gasteiger partial charge in [-0.05, 0) is 61.2 Å². The van der Waals surface area contributed by atoms with Crippen LogP contribution in [0.2, 0.25) is 0 Å². The van der Waals surface area contributed by atoms with E-state index < -0.39 is 5.97 Å². The summed E-state index contributed by atoms with van der Waals surface area (Å²) in [5.41, 5.74) is 3.10. The molecule has 6 heteroatoms. The van der Waals surface area contributed by atoms with Gasteiger partial charge in [-0.15, -0.1) is 0 Å². The molecule has 0 aromatic heterocycles. The number of carbonyl (C=O) groups excluding carboxylic acids is 1. The lowest BCUT2D eigenvalue weighted by Crippen LogP contribution is -2.00. The maximum Gasteiger partial charge on any atom is 0.343 e. The Hall–Kier alpha value is -2.83. The van der Waals surface area contributed by atoms with Crippen molar-refractivity contribution in [2.24, 2.45) is 0 Å². The highest BCUT2D eigenvalue weighted by atomic mass is 79.9. The molecule has 0 atom stereocenters. The SMILES string of the molecule is COc1cc(/C=C2/C=C(c3ccccc3)OC2=O)c(Br)c(Br)c1OCc1ccccc1. The molecule has 3 aromatic carbocycles. The van der Waals surface area contributed by atoms with Crippen molar-refractivity contribution in [3.8, 4) is 11.5 Å². The summed E-state index contributed by atoms with van der Waals surface area (Å²) in [5, 5.41) is 0. The highest BCUT2D eigenvalue weighted by Crippen LogP contribution is 2.44. The van der Waals surface area contributed by atoms with Crippen LogP contribution in [0.25, 0.3) is 11.8 Å². The Bertz CT molecular complexity index is 1170. The molecule has 0 saturated carbocycles. The molecule has 0 saturated heterocycles. The van der Waals surface area contributed by atoms with Crippen molar-refractivity contribution in [2.45, 2.75) is 6.61 Å². The number of cyclic esters (lactones) is 1. The molecule has 4 rings (SSSR count). The van der Waals surface area contributed by atoms with Gasteiger partial charge < -0.3 is 14.2 Å². The third kappa shape index (κ3) is 4.75. The van der Waals surface area contributed by atoms with E-state index in [4.69, 9.17) is 14.2 Å². The summed E-state index contributed by atoms with van der Waals surface area (Å²) in [7, 11) is 1.58. The largest absolute Gasteiger partial charge is 0.493 e.